The van der Waals surface area contributed by atoms with Crippen molar-refractivity contribution in [3.63, 3.8) is 0 Å². The Hall–Kier alpha value is -4.13. The first-order valence-electron chi connectivity index (χ1n) is 9.27. The number of ketones is 1. The zero-order chi connectivity index (χ0) is 22.5. The van der Waals surface area contributed by atoms with Crippen LogP contribution in [-0.2, 0) is 11.2 Å². The van der Waals surface area contributed by atoms with Gasteiger partial charge in [-0.3, -0.25) is 14.9 Å². The van der Waals surface area contributed by atoms with Gasteiger partial charge in [0.25, 0.3) is 0 Å². The highest BCUT2D eigenvalue weighted by Gasteiger charge is 2.22. The summed E-state index contributed by atoms with van der Waals surface area (Å²) < 4.78 is 21.1. The van der Waals surface area contributed by atoms with E-state index < -0.39 is 5.91 Å². The first-order valence-corrected chi connectivity index (χ1v) is 9.27. The van der Waals surface area contributed by atoms with E-state index in [-0.39, 0.29) is 47.3 Å². The largest absolute Gasteiger partial charge is 0.493 e. The number of rotatable bonds is 8. The summed E-state index contributed by atoms with van der Waals surface area (Å²) in [5.41, 5.74) is 0.833. The van der Waals surface area contributed by atoms with Gasteiger partial charge in [-0.25, -0.2) is 0 Å². The summed E-state index contributed by atoms with van der Waals surface area (Å²) >= 11 is 0. The van der Waals surface area contributed by atoms with E-state index in [1.807, 2.05) is 6.07 Å². The summed E-state index contributed by atoms with van der Waals surface area (Å²) in [5.74, 6) is 1.19. The molecular formula is C21H20N4O6. The van der Waals surface area contributed by atoms with Gasteiger partial charge >= 0.3 is 0 Å². The Labute approximate surface area is 177 Å². The fraction of sp³-hybridized carbons (Fsp3) is 0.286. The van der Waals surface area contributed by atoms with Crippen molar-refractivity contribution in [3.05, 3.63) is 41.0 Å². The second-order valence-electron chi connectivity index (χ2n) is 6.54. The van der Waals surface area contributed by atoms with Crippen molar-refractivity contribution < 1.29 is 28.0 Å². The maximum Gasteiger partial charge on any atom is 0.227 e. The molecule has 2 heterocycles. The summed E-state index contributed by atoms with van der Waals surface area (Å²) in [6, 6.07) is 7.10. The molecule has 0 saturated carbocycles. The second kappa shape index (κ2) is 9.13. The summed E-state index contributed by atoms with van der Waals surface area (Å²) in [6.07, 6.45) is 0.181. The highest BCUT2D eigenvalue weighted by molar-refractivity contribution is 6.00. The molecule has 0 fully saturated rings. The standard InChI is InChI=1S/C21H20N4O6/c1-11(26)19-12(2)30-21(14(19)10-22)23-17(27)7-8-18-24-20(25-31-18)13-5-6-15(28-3)16(9-13)29-4/h5-6,9H,7-8H2,1-4H3,(H,23,27). The molecule has 0 bridgehead atoms. The molecule has 0 aliphatic heterocycles. The first kappa shape index (κ1) is 21.6. The van der Waals surface area contributed by atoms with E-state index in [1.54, 1.807) is 32.2 Å². The molecule has 3 aromatic rings. The number of amides is 1. The molecular weight excluding hydrogens is 404 g/mol. The molecule has 10 nitrogen and oxygen atoms in total. The van der Waals surface area contributed by atoms with Gasteiger partial charge in [-0.15, -0.1) is 0 Å². The van der Waals surface area contributed by atoms with Crippen LogP contribution in [0.3, 0.4) is 0 Å². The quantitative estimate of drug-likeness (QED) is 0.539. The Kier molecular flexibility index (Phi) is 6.35. The van der Waals surface area contributed by atoms with Crippen LogP contribution in [0.1, 0.15) is 40.9 Å². The molecule has 1 aromatic carbocycles. The van der Waals surface area contributed by atoms with E-state index >= 15 is 0 Å². The number of nitrogens with zero attached hydrogens (tertiary/aromatic N) is 3. The number of Topliss-reactive ketones (excluding diaryl/α,β-unsaturated/α-hetero) is 1. The van der Waals surface area contributed by atoms with Crippen LogP contribution in [-0.4, -0.2) is 36.1 Å². The van der Waals surface area contributed by atoms with Crippen LogP contribution in [0.5, 0.6) is 11.5 Å². The number of hydrogen-bond acceptors (Lipinski definition) is 9. The van der Waals surface area contributed by atoms with Gasteiger partial charge in [-0.2, -0.15) is 10.2 Å². The number of anilines is 1. The van der Waals surface area contributed by atoms with Crippen LogP contribution < -0.4 is 14.8 Å². The smallest absolute Gasteiger partial charge is 0.227 e. The average Bonchev–Trinajstić information content (AvgIpc) is 3.35. The van der Waals surface area contributed by atoms with E-state index in [2.05, 4.69) is 15.5 Å². The Balaban J connectivity index is 1.66. The molecule has 0 spiro atoms. The Morgan fingerprint density at radius 3 is 2.61 bits per heavy atom. The van der Waals surface area contributed by atoms with Crippen molar-refractivity contribution in [2.24, 2.45) is 0 Å². The van der Waals surface area contributed by atoms with Crippen molar-refractivity contribution in [3.8, 4) is 29.0 Å². The molecule has 3 rings (SSSR count). The predicted molar refractivity (Wildman–Crippen MR) is 108 cm³/mol. The Morgan fingerprint density at radius 2 is 1.97 bits per heavy atom. The maximum absolute atomic E-state index is 12.3. The molecule has 0 aliphatic carbocycles. The molecule has 0 atom stereocenters. The number of benzene rings is 1. The third kappa shape index (κ3) is 4.56. The van der Waals surface area contributed by atoms with E-state index in [0.29, 0.717) is 22.9 Å². The number of carbonyl (C=O) groups excluding carboxylic acids is 2. The van der Waals surface area contributed by atoms with Crippen LogP contribution in [0.25, 0.3) is 11.4 Å². The van der Waals surface area contributed by atoms with Gasteiger partial charge < -0.3 is 18.4 Å². The number of aromatic nitrogens is 2. The highest BCUT2D eigenvalue weighted by atomic mass is 16.5. The van der Waals surface area contributed by atoms with Gasteiger partial charge in [0, 0.05) is 18.4 Å². The zero-order valence-electron chi connectivity index (χ0n) is 17.4. The Bertz CT molecular complexity index is 1170. The molecule has 0 aliphatic rings. The highest BCUT2D eigenvalue weighted by Crippen LogP contribution is 2.31. The lowest BCUT2D eigenvalue weighted by Crippen LogP contribution is -2.13. The lowest BCUT2D eigenvalue weighted by atomic mass is 10.1. The van der Waals surface area contributed by atoms with Crippen molar-refractivity contribution in [2.75, 3.05) is 19.5 Å². The van der Waals surface area contributed by atoms with Crippen LogP contribution in [0, 0.1) is 18.3 Å². The Morgan fingerprint density at radius 1 is 1.23 bits per heavy atom. The summed E-state index contributed by atoms with van der Waals surface area (Å²) in [6.45, 7) is 2.89. The molecule has 0 saturated heterocycles. The molecule has 0 radical (unpaired) electrons. The summed E-state index contributed by atoms with van der Waals surface area (Å²) in [4.78, 5) is 28.3. The number of nitriles is 1. The van der Waals surface area contributed by atoms with Gasteiger partial charge in [-0.05, 0) is 32.0 Å². The third-order valence-electron chi connectivity index (χ3n) is 4.48. The monoisotopic (exact) mass is 424 g/mol. The minimum Gasteiger partial charge on any atom is -0.493 e. The molecule has 0 unspecified atom stereocenters. The average molecular weight is 424 g/mol. The molecule has 2 aromatic heterocycles. The number of nitrogens with one attached hydrogen (secondary N) is 1. The predicted octanol–water partition coefficient (Wildman–Crippen LogP) is 3.30. The van der Waals surface area contributed by atoms with E-state index in [1.165, 1.54) is 14.0 Å². The lowest BCUT2D eigenvalue weighted by molar-refractivity contribution is -0.116. The van der Waals surface area contributed by atoms with Crippen molar-refractivity contribution >= 4 is 17.6 Å². The van der Waals surface area contributed by atoms with Crippen LogP contribution >= 0.6 is 0 Å². The van der Waals surface area contributed by atoms with E-state index in [0.717, 1.165) is 0 Å². The van der Waals surface area contributed by atoms with Crippen LogP contribution in [0.15, 0.2) is 27.1 Å². The lowest BCUT2D eigenvalue weighted by Gasteiger charge is -2.07. The topological polar surface area (TPSA) is 140 Å². The van der Waals surface area contributed by atoms with Crippen LogP contribution in [0.4, 0.5) is 5.88 Å². The number of ether oxygens (including phenoxy) is 2. The van der Waals surface area contributed by atoms with Gasteiger partial charge in [0.05, 0.1) is 19.8 Å². The van der Waals surface area contributed by atoms with Crippen LogP contribution in [0.2, 0.25) is 0 Å². The van der Waals surface area contributed by atoms with E-state index in [4.69, 9.17) is 18.4 Å². The molecule has 160 valence electrons. The first-order chi connectivity index (χ1) is 14.9. The normalized spacial score (nSPS) is 10.4. The minimum atomic E-state index is -0.425. The molecule has 10 heteroatoms. The second-order valence-corrected chi connectivity index (χ2v) is 6.54. The molecule has 1 amide bonds. The van der Waals surface area contributed by atoms with Gasteiger partial charge in [-0.1, -0.05) is 5.16 Å². The van der Waals surface area contributed by atoms with E-state index in [9.17, 15) is 14.9 Å². The fourth-order valence-electron chi connectivity index (χ4n) is 3.02. The van der Waals surface area contributed by atoms with Crippen molar-refractivity contribution in [1.29, 1.82) is 5.26 Å². The number of methoxy groups -OCH3 is 2. The molecule has 1 N–H and O–H groups in total. The van der Waals surface area contributed by atoms with Crippen molar-refractivity contribution in [2.45, 2.75) is 26.7 Å². The SMILES string of the molecule is COc1ccc(-c2noc(CCC(=O)Nc3oc(C)c(C(C)=O)c3C#N)n2)cc1OC. The summed E-state index contributed by atoms with van der Waals surface area (Å²) in [5, 5.41) is 15.7. The number of carbonyl (C=O) groups is 2. The molecule has 31 heavy (non-hydrogen) atoms. The summed E-state index contributed by atoms with van der Waals surface area (Å²) in [7, 11) is 3.07. The number of hydrogen-bond donors (Lipinski definition) is 1. The zero-order valence-corrected chi connectivity index (χ0v) is 17.4. The van der Waals surface area contributed by atoms with Gasteiger partial charge in [0.15, 0.2) is 17.3 Å². The fourth-order valence-corrected chi connectivity index (χ4v) is 3.02. The maximum atomic E-state index is 12.3. The van der Waals surface area contributed by atoms with Gasteiger partial charge in [0.2, 0.25) is 23.5 Å². The van der Waals surface area contributed by atoms with Crippen molar-refractivity contribution in [1.82, 2.24) is 10.1 Å². The third-order valence-corrected chi connectivity index (χ3v) is 4.48. The number of aryl methyl sites for hydroxylation is 2. The number of furan rings is 1. The minimum absolute atomic E-state index is 0.00637. The van der Waals surface area contributed by atoms with Gasteiger partial charge in [0.1, 0.15) is 17.4 Å².